The number of guanidine groups is 1. The molecule has 9 atom stereocenters. The maximum absolute atomic E-state index is 10.6. The van der Waals surface area contributed by atoms with Gasteiger partial charge in [-0.05, 0) is 0 Å². The van der Waals surface area contributed by atoms with Crippen molar-refractivity contribution in [3.63, 3.8) is 0 Å². The van der Waals surface area contributed by atoms with E-state index in [-0.39, 0.29) is 5.96 Å². The maximum atomic E-state index is 10.6. The molecule has 1 unspecified atom stereocenters. The largest absolute Gasteiger partial charge is 0.393 e. The van der Waals surface area contributed by atoms with Gasteiger partial charge in [0, 0.05) is 0 Å². The van der Waals surface area contributed by atoms with Crippen LogP contribution in [0.2, 0.25) is 0 Å². The van der Waals surface area contributed by atoms with Crippen LogP contribution in [-0.4, -0.2) is 91.0 Å². The first-order valence-corrected chi connectivity index (χ1v) is 6.77. The van der Waals surface area contributed by atoms with Gasteiger partial charge in [-0.25, -0.2) is 4.99 Å². The number of rotatable bonds is 1. The van der Waals surface area contributed by atoms with E-state index in [0.29, 0.717) is 0 Å². The highest BCUT2D eigenvalue weighted by Crippen LogP contribution is 2.58. The minimum atomic E-state index is -2.52. The zero-order valence-electron chi connectivity index (χ0n) is 11.2. The Morgan fingerprint density at radius 1 is 1.18 bits per heavy atom. The van der Waals surface area contributed by atoms with Gasteiger partial charge < -0.3 is 51.2 Å². The molecule has 9 N–H and O–H groups in total. The number of aliphatic hydroxyl groups excluding tert-OH is 4. The average Bonchev–Trinajstić information content (AvgIpc) is 2.45. The van der Waals surface area contributed by atoms with Gasteiger partial charge in [-0.3, -0.25) is 0 Å². The van der Waals surface area contributed by atoms with Crippen molar-refractivity contribution in [1.29, 1.82) is 0 Å². The Labute approximate surface area is 123 Å². The second-order valence-corrected chi connectivity index (χ2v) is 6.22. The van der Waals surface area contributed by atoms with Crippen LogP contribution in [0.3, 0.4) is 0 Å². The Bertz CT molecular complexity index is 561. The Hall–Kier alpha value is -1.05. The summed E-state index contributed by atoms with van der Waals surface area (Å²) in [5.74, 6) is -3.95. The normalized spacial score (nSPS) is 62.4. The molecule has 0 aromatic heterocycles. The zero-order valence-corrected chi connectivity index (χ0v) is 11.2. The summed E-state index contributed by atoms with van der Waals surface area (Å²) < 4.78 is 10.3. The summed E-state index contributed by atoms with van der Waals surface area (Å²) in [6.45, 7) is -0.857. The molecule has 5 rings (SSSR count). The lowest BCUT2D eigenvalue weighted by molar-refractivity contribution is -0.548. The summed E-state index contributed by atoms with van der Waals surface area (Å²) in [5.41, 5.74) is 1.74. The van der Waals surface area contributed by atoms with Crippen LogP contribution in [0.25, 0.3) is 0 Å². The van der Waals surface area contributed by atoms with Gasteiger partial charge in [0.1, 0.15) is 29.5 Å². The quantitative estimate of drug-likeness (QED) is 0.231. The van der Waals surface area contributed by atoms with Crippen molar-refractivity contribution in [3.05, 3.63) is 0 Å². The van der Waals surface area contributed by atoms with E-state index < -0.39 is 60.3 Å². The highest BCUT2D eigenvalue weighted by Gasteiger charge is 2.82. The van der Waals surface area contributed by atoms with Crippen molar-refractivity contribution >= 4 is 5.96 Å². The van der Waals surface area contributed by atoms with Gasteiger partial charge in [0.15, 0.2) is 18.3 Å². The van der Waals surface area contributed by atoms with Crippen LogP contribution in [0.1, 0.15) is 0 Å². The van der Waals surface area contributed by atoms with Gasteiger partial charge >= 0.3 is 5.97 Å². The number of hydrogen-bond acceptors (Lipinski definition) is 11. The summed E-state index contributed by atoms with van der Waals surface area (Å²) in [6, 6.07) is 0. The minimum Gasteiger partial charge on any atom is -0.393 e. The van der Waals surface area contributed by atoms with E-state index in [2.05, 4.69) is 10.3 Å². The zero-order chi connectivity index (χ0) is 16.1. The lowest BCUT2D eigenvalue weighted by Gasteiger charge is -2.71. The second kappa shape index (κ2) is 3.88. The molecule has 22 heavy (non-hydrogen) atoms. The van der Waals surface area contributed by atoms with E-state index in [1.54, 1.807) is 0 Å². The number of aliphatic hydroxyl groups is 6. The van der Waals surface area contributed by atoms with Crippen LogP contribution in [0.15, 0.2) is 4.99 Å². The first-order chi connectivity index (χ1) is 10.2. The molecule has 5 aliphatic rings. The molecule has 1 saturated carbocycles. The number of ether oxygens (including phenoxy) is 2. The average molecular weight is 319 g/mol. The van der Waals surface area contributed by atoms with Crippen LogP contribution < -0.4 is 11.1 Å². The summed E-state index contributed by atoms with van der Waals surface area (Å²) in [5, 5.41) is 64.3. The van der Waals surface area contributed by atoms with Crippen molar-refractivity contribution in [2.75, 3.05) is 6.61 Å². The van der Waals surface area contributed by atoms with Crippen LogP contribution in [0.4, 0.5) is 0 Å². The van der Waals surface area contributed by atoms with Crippen molar-refractivity contribution in [3.8, 4) is 0 Å². The minimum absolute atomic E-state index is 0.250. The molecule has 3 saturated heterocycles. The van der Waals surface area contributed by atoms with Crippen LogP contribution in [0, 0.1) is 5.92 Å². The molecule has 0 radical (unpaired) electrons. The third-order valence-electron chi connectivity index (χ3n) is 5.22. The molecule has 11 heteroatoms. The lowest BCUT2D eigenvalue weighted by Crippen LogP contribution is -2.95. The molecule has 1 spiro atoms. The maximum Gasteiger partial charge on any atom is 0.311 e. The molecule has 4 fully saturated rings. The summed E-state index contributed by atoms with van der Waals surface area (Å²) in [6.07, 6.45) is -7.77. The number of nitrogens with two attached hydrogens (primary N) is 1. The fourth-order valence-corrected chi connectivity index (χ4v) is 4.24. The van der Waals surface area contributed by atoms with Crippen LogP contribution in [-0.2, 0) is 9.47 Å². The molecular weight excluding hydrogens is 302 g/mol. The molecular formula is C11H17N3O8. The number of nitrogens with zero attached hydrogens (tertiary/aromatic N) is 1. The van der Waals surface area contributed by atoms with E-state index >= 15 is 0 Å². The van der Waals surface area contributed by atoms with Gasteiger partial charge in [-0.2, -0.15) is 0 Å². The highest BCUT2D eigenvalue weighted by atomic mass is 16.9. The monoisotopic (exact) mass is 319 g/mol. The lowest BCUT2D eigenvalue weighted by atomic mass is 9.55. The van der Waals surface area contributed by atoms with E-state index in [0.717, 1.165) is 0 Å². The fourth-order valence-electron chi connectivity index (χ4n) is 4.24. The van der Waals surface area contributed by atoms with Gasteiger partial charge in [0.25, 0.3) is 0 Å². The number of hydrogen-bond donors (Lipinski definition) is 8. The SMILES string of the molecule is NC1=N[C@H](O)[C@H]2[C@@H]3O[C@@]4(O)O[C@@H](C(O)[C@@]2(N1)[C@@H]4O)[C@]3(O)CO. The Morgan fingerprint density at radius 2 is 1.82 bits per heavy atom. The van der Waals surface area contributed by atoms with E-state index in [1.165, 1.54) is 0 Å². The molecule has 4 aliphatic heterocycles. The molecule has 0 aromatic carbocycles. The van der Waals surface area contributed by atoms with Gasteiger partial charge in [-0.1, -0.05) is 0 Å². The predicted octanol–water partition coefficient (Wildman–Crippen LogP) is -5.52. The van der Waals surface area contributed by atoms with Gasteiger partial charge in [0.05, 0.1) is 12.5 Å². The topological polar surface area (TPSA) is 190 Å². The van der Waals surface area contributed by atoms with E-state index in [1.807, 2.05) is 0 Å². The van der Waals surface area contributed by atoms with Gasteiger partial charge in [0.2, 0.25) is 0 Å². The fraction of sp³-hybridized carbons (Fsp3) is 0.909. The first kappa shape index (κ1) is 14.5. The van der Waals surface area contributed by atoms with Crippen molar-refractivity contribution in [2.45, 2.75) is 47.8 Å². The summed E-state index contributed by atoms with van der Waals surface area (Å²) >= 11 is 0. The third kappa shape index (κ3) is 1.28. The molecule has 11 nitrogen and oxygen atoms in total. The Morgan fingerprint density at radius 3 is 2.45 bits per heavy atom. The highest BCUT2D eigenvalue weighted by molar-refractivity contribution is 5.80. The van der Waals surface area contributed by atoms with Crippen LogP contribution >= 0.6 is 0 Å². The van der Waals surface area contributed by atoms with Crippen molar-refractivity contribution in [2.24, 2.45) is 16.6 Å². The Kier molecular flexibility index (Phi) is 2.57. The molecule has 4 heterocycles. The predicted molar refractivity (Wildman–Crippen MR) is 65.7 cm³/mol. The molecule has 124 valence electrons. The molecule has 4 bridgehead atoms. The first-order valence-electron chi connectivity index (χ1n) is 6.77. The van der Waals surface area contributed by atoms with Gasteiger partial charge in [-0.15, -0.1) is 0 Å². The Balaban J connectivity index is 1.95. The standard InChI is InChI=1S/C11H17N3O8/c12-8-13-6(17)2-4-9(19,1-15)5-3(16)10(2,14-8)7(18)11(20,21-4)22-5/h2-7,15-20H,1H2,(H3,12,13,14)/t2-,3?,4+,5+,6-,7+,9+,10-,11-/m1/s1. The van der Waals surface area contributed by atoms with E-state index in [9.17, 15) is 30.6 Å². The smallest absolute Gasteiger partial charge is 0.311 e. The van der Waals surface area contributed by atoms with Crippen LogP contribution in [0.5, 0.6) is 0 Å². The van der Waals surface area contributed by atoms with E-state index in [4.69, 9.17) is 15.2 Å². The molecule has 0 aromatic rings. The van der Waals surface area contributed by atoms with Crippen molar-refractivity contribution < 1.29 is 40.1 Å². The number of aliphatic imine (C=N–C) groups is 1. The molecule has 1 aliphatic carbocycles. The third-order valence-corrected chi connectivity index (χ3v) is 5.22. The summed E-state index contributed by atoms with van der Waals surface area (Å²) in [4.78, 5) is 3.70. The molecule has 0 amide bonds. The summed E-state index contributed by atoms with van der Waals surface area (Å²) in [7, 11) is 0. The second-order valence-electron chi connectivity index (χ2n) is 6.22. The number of nitrogens with one attached hydrogen (secondary N) is 1. The van der Waals surface area contributed by atoms with Crippen molar-refractivity contribution in [1.82, 2.24) is 5.32 Å².